The summed E-state index contributed by atoms with van der Waals surface area (Å²) >= 11 is 1.51. The average molecular weight is 409 g/mol. The van der Waals surface area contributed by atoms with E-state index in [-0.39, 0.29) is 24.0 Å². The van der Waals surface area contributed by atoms with Gasteiger partial charge in [-0.1, -0.05) is 23.5 Å². The molecular formula is C23H24N2O3S. The van der Waals surface area contributed by atoms with Crippen LogP contribution in [-0.4, -0.2) is 21.6 Å². The van der Waals surface area contributed by atoms with Crippen molar-refractivity contribution >= 4 is 32.6 Å². The predicted molar refractivity (Wildman–Crippen MR) is 115 cm³/mol. The minimum Gasteiger partial charge on any atom is -0.487 e. The van der Waals surface area contributed by atoms with Crippen LogP contribution in [0.25, 0.3) is 10.2 Å². The molecule has 1 fully saturated rings. The van der Waals surface area contributed by atoms with E-state index in [1.54, 1.807) is 0 Å². The first kappa shape index (κ1) is 18.6. The van der Waals surface area contributed by atoms with E-state index in [0.717, 1.165) is 46.4 Å². The Morgan fingerprint density at radius 3 is 2.93 bits per heavy atom. The van der Waals surface area contributed by atoms with Crippen LogP contribution in [0.2, 0.25) is 0 Å². The minimum absolute atomic E-state index is 0.0114. The molecule has 1 aliphatic heterocycles. The highest BCUT2D eigenvalue weighted by Crippen LogP contribution is 2.50. The first-order valence-corrected chi connectivity index (χ1v) is 10.9. The molecule has 1 amide bonds. The molecule has 1 spiro atoms. The summed E-state index contributed by atoms with van der Waals surface area (Å²) in [6.45, 7) is 2.04. The van der Waals surface area contributed by atoms with Gasteiger partial charge in [0.25, 0.3) is 0 Å². The lowest BCUT2D eigenvalue weighted by molar-refractivity contribution is -0.117. The van der Waals surface area contributed by atoms with Crippen molar-refractivity contribution in [3.8, 4) is 5.75 Å². The highest BCUT2D eigenvalue weighted by Gasteiger charge is 2.45. The van der Waals surface area contributed by atoms with Gasteiger partial charge in [0.1, 0.15) is 11.4 Å². The van der Waals surface area contributed by atoms with Crippen molar-refractivity contribution in [1.82, 2.24) is 4.98 Å². The molecule has 5 nitrogen and oxygen atoms in total. The average Bonchev–Trinajstić information content (AvgIpc) is 3.07. The predicted octanol–water partition coefficient (Wildman–Crippen LogP) is 4.91. The molecule has 2 N–H and O–H groups in total. The Morgan fingerprint density at radius 2 is 2.17 bits per heavy atom. The van der Waals surface area contributed by atoms with Gasteiger partial charge in [0.15, 0.2) is 5.13 Å². The summed E-state index contributed by atoms with van der Waals surface area (Å²) in [5.41, 5.74) is 3.86. The van der Waals surface area contributed by atoms with Crippen molar-refractivity contribution in [3.05, 3.63) is 53.1 Å². The van der Waals surface area contributed by atoms with Crippen molar-refractivity contribution in [2.75, 3.05) is 5.32 Å². The summed E-state index contributed by atoms with van der Waals surface area (Å²) in [7, 11) is 0. The van der Waals surface area contributed by atoms with Gasteiger partial charge in [0, 0.05) is 12.3 Å². The molecule has 29 heavy (non-hydrogen) atoms. The maximum absolute atomic E-state index is 12.9. The van der Waals surface area contributed by atoms with Gasteiger partial charge in [0.2, 0.25) is 5.91 Å². The van der Waals surface area contributed by atoms with Crippen LogP contribution in [0.5, 0.6) is 5.75 Å². The number of anilines is 1. The van der Waals surface area contributed by atoms with Crippen molar-refractivity contribution in [3.63, 3.8) is 0 Å². The second-order valence-electron chi connectivity index (χ2n) is 8.31. The molecule has 0 saturated heterocycles. The summed E-state index contributed by atoms with van der Waals surface area (Å²) in [6.07, 6.45) is 4.50. The topological polar surface area (TPSA) is 71.5 Å². The molecule has 6 heteroatoms. The van der Waals surface area contributed by atoms with Gasteiger partial charge in [-0.25, -0.2) is 4.98 Å². The highest BCUT2D eigenvalue weighted by atomic mass is 32.1. The molecule has 1 aliphatic carbocycles. The first-order valence-electron chi connectivity index (χ1n) is 10.1. The van der Waals surface area contributed by atoms with Crippen LogP contribution in [0.3, 0.4) is 0 Å². The molecule has 2 aliphatic rings. The quantitative estimate of drug-likeness (QED) is 0.643. The number of aryl methyl sites for hydroxylation is 1. The van der Waals surface area contributed by atoms with E-state index >= 15 is 0 Å². The van der Waals surface area contributed by atoms with Crippen LogP contribution in [0.4, 0.5) is 5.13 Å². The zero-order valence-corrected chi connectivity index (χ0v) is 17.2. The zero-order chi connectivity index (χ0) is 20.0. The van der Waals surface area contributed by atoms with E-state index in [2.05, 4.69) is 23.3 Å². The fraction of sp³-hybridized carbons (Fsp3) is 0.391. The van der Waals surface area contributed by atoms with Crippen LogP contribution in [0.15, 0.2) is 36.4 Å². The van der Waals surface area contributed by atoms with Gasteiger partial charge in [0.05, 0.1) is 16.8 Å². The third kappa shape index (κ3) is 3.51. The smallest absolute Gasteiger partial charge is 0.226 e. The highest BCUT2D eigenvalue weighted by molar-refractivity contribution is 7.22. The van der Waals surface area contributed by atoms with E-state index < -0.39 is 0 Å². The Labute approximate surface area is 173 Å². The lowest BCUT2D eigenvalue weighted by Gasteiger charge is -2.48. The Morgan fingerprint density at radius 1 is 1.31 bits per heavy atom. The second-order valence-corrected chi connectivity index (χ2v) is 9.34. The molecule has 0 radical (unpaired) electrons. The number of thiazole rings is 1. The molecule has 1 saturated carbocycles. The second kappa shape index (κ2) is 7.11. The Balaban J connectivity index is 1.37. The lowest BCUT2D eigenvalue weighted by Crippen LogP contribution is -2.47. The van der Waals surface area contributed by atoms with E-state index in [1.165, 1.54) is 23.3 Å². The number of rotatable bonds is 4. The van der Waals surface area contributed by atoms with Crippen LogP contribution in [0, 0.1) is 6.92 Å². The number of aliphatic hydroxyl groups excluding tert-OH is 1. The van der Waals surface area contributed by atoms with E-state index in [0.29, 0.717) is 11.6 Å². The number of benzene rings is 2. The molecule has 2 aromatic carbocycles. The number of nitrogens with one attached hydrogen (secondary N) is 1. The number of hydrogen-bond donors (Lipinski definition) is 2. The SMILES string of the molecule is Cc1ccc2nc(NC(=O)CC3CC4(CCC4)Oc4ccc(CO)cc43)sc2c1. The monoisotopic (exact) mass is 408 g/mol. The number of hydrogen-bond acceptors (Lipinski definition) is 5. The molecule has 1 unspecified atom stereocenters. The summed E-state index contributed by atoms with van der Waals surface area (Å²) in [5.74, 6) is 0.922. The Kier molecular flexibility index (Phi) is 4.56. The number of carbonyl (C=O) groups is 1. The zero-order valence-electron chi connectivity index (χ0n) is 16.4. The van der Waals surface area contributed by atoms with Gasteiger partial charge >= 0.3 is 0 Å². The number of amides is 1. The van der Waals surface area contributed by atoms with Gasteiger partial charge in [-0.15, -0.1) is 0 Å². The van der Waals surface area contributed by atoms with Crippen LogP contribution >= 0.6 is 11.3 Å². The van der Waals surface area contributed by atoms with Crippen molar-refractivity contribution in [1.29, 1.82) is 0 Å². The summed E-state index contributed by atoms with van der Waals surface area (Å²) in [4.78, 5) is 17.4. The molecule has 3 aromatic rings. The third-order valence-electron chi connectivity index (χ3n) is 6.13. The van der Waals surface area contributed by atoms with Crippen molar-refractivity contribution in [2.24, 2.45) is 0 Å². The van der Waals surface area contributed by atoms with E-state index in [9.17, 15) is 9.90 Å². The van der Waals surface area contributed by atoms with Crippen molar-refractivity contribution in [2.45, 2.75) is 57.2 Å². The largest absolute Gasteiger partial charge is 0.487 e. The summed E-state index contributed by atoms with van der Waals surface area (Å²) in [5, 5.41) is 13.2. The normalized spacial score (nSPS) is 19.4. The molecule has 5 rings (SSSR count). The number of aromatic nitrogens is 1. The van der Waals surface area contributed by atoms with E-state index in [4.69, 9.17) is 4.74 Å². The van der Waals surface area contributed by atoms with Crippen LogP contribution in [-0.2, 0) is 11.4 Å². The maximum atomic E-state index is 12.9. The molecular weight excluding hydrogens is 384 g/mol. The third-order valence-corrected chi connectivity index (χ3v) is 7.06. The van der Waals surface area contributed by atoms with Crippen LogP contribution < -0.4 is 10.1 Å². The molecule has 0 bridgehead atoms. The van der Waals surface area contributed by atoms with Crippen LogP contribution in [0.1, 0.15) is 54.7 Å². The first-order chi connectivity index (χ1) is 14.0. The van der Waals surface area contributed by atoms with Gasteiger partial charge in [-0.05, 0) is 73.6 Å². The van der Waals surface area contributed by atoms with Gasteiger partial charge in [-0.2, -0.15) is 0 Å². The summed E-state index contributed by atoms with van der Waals surface area (Å²) < 4.78 is 7.39. The van der Waals surface area contributed by atoms with Crippen molar-refractivity contribution < 1.29 is 14.6 Å². The standard InChI is InChI=1S/C23H24N2O3S/c1-14-3-5-18-20(9-14)29-22(24-18)25-21(27)11-16-12-23(7-2-8-23)28-19-6-4-15(13-26)10-17(16)19/h3-6,9-10,16,26H,2,7-8,11-13H2,1H3,(H,24,25,27). The maximum Gasteiger partial charge on any atom is 0.226 e. The fourth-order valence-corrected chi connectivity index (χ4v) is 5.46. The Bertz CT molecular complexity index is 1090. The molecule has 2 heterocycles. The van der Waals surface area contributed by atoms with Gasteiger partial charge in [-0.3, -0.25) is 4.79 Å². The Hall–Kier alpha value is -2.44. The number of carbonyl (C=O) groups excluding carboxylic acids is 1. The number of fused-ring (bicyclic) bond motifs is 2. The van der Waals surface area contributed by atoms with E-state index in [1.807, 2.05) is 30.3 Å². The lowest BCUT2D eigenvalue weighted by atomic mass is 9.70. The van der Waals surface area contributed by atoms with Gasteiger partial charge < -0.3 is 15.2 Å². The minimum atomic E-state index is -0.119. The molecule has 1 atom stereocenters. The number of nitrogens with zero attached hydrogens (tertiary/aromatic N) is 1. The molecule has 1 aromatic heterocycles. The number of ether oxygens (including phenoxy) is 1. The molecule has 150 valence electrons. The number of aliphatic hydroxyl groups is 1. The summed E-state index contributed by atoms with van der Waals surface area (Å²) in [6, 6.07) is 11.9. The fourth-order valence-electron chi connectivity index (χ4n) is 4.48.